The first-order valence-electron chi connectivity index (χ1n) is 12.0. The number of nitrogens with zero attached hydrogens (tertiary/aromatic N) is 8. The SMILES string of the molecule is C[C@@H](C(=O)Nc1ccnc(-c2cnc(C3CC4C(C3)C4(F)F)nc2)n1)n1cnc2c1c(=O)n(C)c(=O)n2C. The summed E-state index contributed by atoms with van der Waals surface area (Å²) >= 11 is 0. The van der Waals surface area contributed by atoms with Gasteiger partial charge in [-0.2, -0.15) is 0 Å². The van der Waals surface area contributed by atoms with Gasteiger partial charge >= 0.3 is 5.69 Å². The maximum atomic E-state index is 13.5. The van der Waals surface area contributed by atoms with Crippen LogP contribution in [0.15, 0.2) is 40.6 Å². The molecule has 3 atom stereocenters. The molecule has 4 heterocycles. The lowest BCUT2D eigenvalue weighted by Crippen LogP contribution is -2.38. The Balaban J connectivity index is 1.19. The predicted molar refractivity (Wildman–Crippen MR) is 131 cm³/mol. The molecule has 0 bridgehead atoms. The van der Waals surface area contributed by atoms with Gasteiger partial charge in [-0.05, 0) is 25.8 Å². The fourth-order valence-corrected chi connectivity index (χ4v) is 5.27. The van der Waals surface area contributed by atoms with Gasteiger partial charge in [-0.1, -0.05) is 0 Å². The number of carbonyl (C=O) groups excluding carboxylic acids is 1. The first-order valence-corrected chi connectivity index (χ1v) is 12.0. The number of rotatable bonds is 5. The number of halogens is 2. The Morgan fingerprint density at radius 2 is 1.76 bits per heavy atom. The molecule has 38 heavy (non-hydrogen) atoms. The summed E-state index contributed by atoms with van der Waals surface area (Å²) in [4.78, 5) is 59.4. The molecule has 1 N–H and O–H groups in total. The third-order valence-electron chi connectivity index (χ3n) is 7.61. The molecule has 2 aliphatic carbocycles. The van der Waals surface area contributed by atoms with Crippen LogP contribution in [0.1, 0.15) is 37.5 Å². The number of alkyl halides is 2. The molecular formula is C24H23F2N9O3. The van der Waals surface area contributed by atoms with Crippen LogP contribution in [-0.2, 0) is 18.9 Å². The number of nitrogens with one attached hydrogen (secondary N) is 1. The van der Waals surface area contributed by atoms with Gasteiger partial charge in [-0.25, -0.2) is 38.5 Å². The molecule has 12 nitrogen and oxygen atoms in total. The topological polar surface area (TPSA) is 142 Å². The van der Waals surface area contributed by atoms with Crippen molar-refractivity contribution in [2.75, 3.05) is 5.32 Å². The average molecular weight is 524 g/mol. The largest absolute Gasteiger partial charge is 0.332 e. The van der Waals surface area contributed by atoms with E-state index in [0.717, 1.165) is 4.57 Å². The van der Waals surface area contributed by atoms with Crippen molar-refractivity contribution < 1.29 is 13.6 Å². The molecule has 14 heteroatoms. The Kier molecular flexibility index (Phi) is 5.26. The van der Waals surface area contributed by atoms with Crippen LogP contribution in [0.25, 0.3) is 22.6 Å². The van der Waals surface area contributed by atoms with Crippen LogP contribution in [0.2, 0.25) is 0 Å². The summed E-state index contributed by atoms with van der Waals surface area (Å²) in [6.45, 7) is 1.60. The van der Waals surface area contributed by atoms with E-state index in [4.69, 9.17) is 0 Å². The van der Waals surface area contributed by atoms with Crippen molar-refractivity contribution in [1.82, 2.24) is 38.6 Å². The minimum absolute atomic E-state index is 0.0785. The number of hydrogen-bond donors (Lipinski definition) is 1. The fraction of sp³-hybridized carbons (Fsp3) is 0.417. The Labute approximate surface area is 213 Å². The van der Waals surface area contributed by atoms with E-state index in [0.29, 0.717) is 24.2 Å². The van der Waals surface area contributed by atoms with Gasteiger partial charge in [0.25, 0.3) is 11.5 Å². The number of fused-ring (bicyclic) bond motifs is 2. The average Bonchev–Trinajstić information content (AvgIpc) is 3.34. The van der Waals surface area contributed by atoms with Crippen molar-refractivity contribution in [2.24, 2.45) is 25.9 Å². The number of carbonyl (C=O) groups is 1. The molecule has 1 amide bonds. The number of aromatic nitrogens is 8. The normalized spacial score (nSPS) is 22.3. The van der Waals surface area contributed by atoms with Crippen molar-refractivity contribution in [3.8, 4) is 11.4 Å². The quantitative estimate of drug-likeness (QED) is 0.416. The lowest BCUT2D eigenvalue weighted by atomic mass is 10.0. The number of imidazole rings is 1. The smallest absolute Gasteiger partial charge is 0.312 e. The zero-order valence-electron chi connectivity index (χ0n) is 20.7. The summed E-state index contributed by atoms with van der Waals surface area (Å²) in [7, 11) is 2.86. The predicted octanol–water partition coefficient (Wildman–Crippen LogP) is 1.64. The van der Waals surface area contributed by atoms with Crippen molar-refractivity contribution in [1.29, 1.82) is 0 Å². The van der Waals surface area contributed by atoms with E-state index in [-0.39, 0.29) is 28.7 Å². The van der Waals surface area contributed by atoms with Gasteiger partial charge in [0, 0.05) is 50.4 Å². The van der Waals surface area contributed by atoms with E-state index in [1.165, 1.54) is 41.8 Å². The molecule has 2 aliphatic rings. The Bertz CT molecular complexity index is 1700. The van der Waals surface area contributed by atoms with Crippen molar-refractivity contribution in [3.05, 3.63) is 57.6 Å². The first kappa shape index (κ1) is 24.0. The molecule has 2 saturated carbocycles. The minimum atomic E-state index is -2.54. The second-order valence-corrected chi connectivity index (χ2v) is 9.85. The maximum Gasteiger partial charge on any atom is 0.332 e. The van der Waals surface area contributed by atoms with Gasteiger partial charge in [-0.15, -0.1) is 0 Å². The summed E-state index contributed by atoms with van der Waals surface area (Å²) in [5, 5.41) is 2.71. The highest BCUT2D eigenvalue weighted by Crippen LogP contribution is 2.67. The zero-order chi connectivity index (χ0) is 26.9. The minimum Gasteiger partial charge on any atom is -0.312 e. The van der Waals surface area contributed by atoms with Gasteiger partial charge in [0.05, 0.1) is 11.9 Å². The van der Waals surface area contributed by atoms with E-state index in [2.05, 4.69) is 30.2 Å². The van der Waals surface area contributed by atoms with Crippen LogP contribution in [0, 0.1) is 11.8 Å². The van der Waals surface area contributed by atoms with Crippen molar-refractivity contribution >= 4 is 22.9 Å². The molecule has 0 spiro atoms. The maximum absolute atomic E-state index is 13.5. The van der Waals surface area contributed by atoms with Crippen LogP contribution in [0.4, 0.5) is 14.6 Å². The molecule has 2 unspecified atom stereocenters. The van der Waals surface area contributed by atoms with Gasteiger partial charge in [-0.3, -0.25) is 18.7 Å². The second-order valence-electron chi connectivity index (χ2n) is 9.85. The highest BCUT2D eigenvalue weighted by atomic mass is 19.3. The first-order chi connectivity index (χ1) is 18.1. The monoisotopic (exact) mass is 523 g/mol. The van der Waals surface area contributed by atoms with E-state index >= 15 is 0 Å². The summed E-state index contributed by atoms with van der Waals surface area (Å²) in [5.74, 6) is -3.16. The van der Waals surface area contributed by atoms with Gasteiger partial charge < -0.3 is 9.88 Å². The molecule has 0 aliphatic heterocycles. The highest BCUT2D eigenvalue weighted by Gasteiger charge is 2.71. The van der Waals surface area contributed by atoms with E-state index in [9.17, 15) is 23.2 Å². The van der Waals surface area contributed by atoms with E-state index in [1.807, 2.05) is 0 Å². The summed E-state index contributed by atoms with van der Waals surface area (Å²) in [5.41, 5.74) is -0.264. The standard InChI is InChI=1S/C24H23F2N9O3/c1-11(35-10-30-20-17(35)22(37)34(3)23(38)33(20)2)21(36)32-16-4-5-27-19(31-16)13-8-28-18(29-9-13)12-6-14-15(7-12)24(14,25)26/h4-5,8-12,14-15H,6-7H2,1-3H3,(H,27,31,32,36)/t11-,12?,14?,15?/m0/s1. The second kappa shape index (κ2) is 8.33. The van der Waals surface area contributed by atoms with Crippen molar-refractivity contribution in [3.63, 3.8) is 0 Å². The third-order valence-corrected chi connectivity index (χ3v) is 7.61. The lowest BCUT2D eigenvalue weighted by Gasteiger charge is -2.15. The van der Waals surface area contributed by atoms with Crippen LogP contribution in [0.3, 0.4) is 0 Å². The molecule has 4 aromatic heterocycles. The van der Waals surface area contributed by atoms with Gasteiger partial charge in [0.1, 0.15) is 17.7 Å². The number of hydrogen-bond acceptors (Lipinski definition) is 8. The molecule has 6 rings (SSSR count). The lowest BCUT2D eigenvalue weighted by molar-refractivity contribution is -0.118. The zero-order valence-corrected chi connectivity index (χ0v) is 20.7. The molecule has 0 radical (unpaired) electrons. The highest BCUT2D eigenvalue weighted by molar-refractivity contribution is 5.93. The molecular weight excluding hydrogens is 500 g/mol. The molecule has 4 aromatic rings. The molecule has 196 valence electrons. The van der Waals surface area contributed by atoms with Gasteiger partial charge in [0.2, 0.25) is 5.91 Å². The summed E-state index contributed by atoms with van der Waals surface area (Å²) < 4.78 is 30.6. The summed E-state index contributed by atoms with van der Waals surface area (Å²) in [6.07, 6.45) is 6.69. The number of aryl methyl sites for hydroxylation is 1. The number of amides is 1. The van der Waals surface area contributed by atoms with E-state index in [1.54, 1.807) is 19.3 Å². The Morgan fingerprint density at radius 1 is 1.08 bits per heavy atom. The Hall–Kier alpha value is -4.36. The van der Waals surface area contributed by atoms with Crippen LogP contribution >= 0.6 is 0 Å². The fourth-order valence-electron chi connectivity index (χ4n) is 5.27. The van der Waals surface area contributed by atoms with Crippen LogP contribution in [0.5, 0.6) is 0 Å². The molecule has 0 aromatic carbocycles. The molecule has 0 saturated heterocycles. The van der Waals surface area contributed by atoms with Crippen molar-refractivity contribution in [2.45, 2.75) is 37.6 Å². The van der Waals surface area contributed by atoms with E-state index < -0.39 is 41.0 Å². The summed E-state index contributed by atoms with van der Waals surface area (Å²) in [6, 6.07) is 0.666. The third kappa shape index (κ3) is 3.62. The van der Waals surface area contributed by atoms with Gasteiger partial charge in [0.15, 0.2) is 17.0 Å². The molecule has 2 fully saturated rings. The van der Waals surface area contributed by atoms with Crippen LogP contribution in [-0.4, -0.2) is 50.5 Å². The Morgan fingerprint density at radius 3 is 2.45 bits per heavy atom. The number of anilines is 1. The van der Waals surface area contributed by atoms with Crippen LogP contribution < -0.4 is 16.6 Å².